The van der Waals surface area contributed by atoms with Crippen LogP contribution < -0.4 is 0 Å². The minimum absolute atomic E-state index is 0.0200. The Morgan fingerprint density at radius 1 is 1.38 bits per heavy atom. The number of hydrogen-bond donors (Lipinski definition) is 1. The fourth-order valence-electron chi connectivity index (χ4n) is 4.69. The van der Waals surface area contributed by atoms with Crippen molar-refractivity contribution in [2.45, 2.75) is 71.1 Å². The zero-order valence-corrected chi connectivity index (χ0v) is 15.6. The van der Waals surface area contributed by atoms with Gasteiger partial charge >= 0.3 is 5.97 Å². The summed E-state index contributed by atoms with van der Waals surface area (Å²) >= 11 is 0. The summed E-state index contributed by atoms with van der Waals surface area (Å²) in [5.41, 5.74) is -0.0535. The van der Waals surface area contributed by atoms with Crippen LogP contribution in [0.4, 0.5) is 0 Å². The number of rotatable bonds is 8. The van der Waals surface area contributed by atoms with E-state index in [2.05, 4.69) is 17.2 Å². The molecule has 1 heterocycles. The molecule has 0 bridgehead atoms. The average Bonchev–Trinajstić information content (AvgIpc) is 3.27. The molecule has 2 saturated carbocycles. The average molecular weight is 364 g/mol. The molecular weight excluding hydrogens is 336 g/mol. The first-order valence-corrected chi connectivity index (χ1v) is 9.56. The van der Waals surface area contributed by atoms with E-state index in [0.717, 1.165) is 25.7 Å². The van der Waals surface area contributed by atoms with Crippen LogP contribution in [-0.4, -0.2) is 62.2 Å². The second-order valence-corrected chi connectivity index (χ2v) is 7.33. The van der Waals surface area contributed by atoms with E-state index in [0.29, 0.717) is 13.2 Å². The highest BCUT2D eigenvalue weighted by Crippen LogP contribution is 2.56. The van der Waals surface area contributed by atoms with E-state index in [1.807, 2.05) is 11.8 Å². The van der Waals surface area contributed by atoms with Gasteiger partial charge in [-0.15, -0.1) is 5.10 Å². The molecule has 2 fully saturated rings. The highest BCUT2D eigenvalue weighted by atomic mass is 16.5. The molecule has 0 radical (unpaired) electrons. The topological polar surface area (TPSA) is 97.6 Å². The van der Waals surface area contributed by atoms with Crippen LogP contribution in [0, 0.1) is 5.41 Å². The number of carbonyl (C=O) groups excluding carboxylic acids is 1. The summed E-state index contributed by atoms with van der Waals surface area (Å²) in [5, 5.41) is 16.3. The Hall–Kier alpha value is -1.96. The van der Waals surface area contributed by atoms with Crippen LogP contribution in [0.15, 0.2) is 6.20 Å². The number of carbonyl (C=O) groups is 2. The third kappa shape index (κ3) is 3.34. The summed E-state index contributed by atoms with van der Waals surface area (Å²) in [7, 11) is 0. The van der Waals surface area contributed by atoms with Gasteiger partial charge in [0.1, 0.15) is 6.54 Å². The number of amides is 1. The first-order valence-electron chi connectivity index (χ1n) is 9.56. The third-order valence-electron chi connectivity index (χ3n) is 5.86. The summed E-state index contributed by atoms with van der Waals surface area (Å²) in [4.78, 5) is 25.9. The maximum atomic E-state index is 13.0. The van der Waals surface area contributed by atoms with Gasteiger partial charge in [-0.05, 0) is 32.6 Å². The van der Waals surface area contributed by atoms with Gasteiger partial charge in [-0.1, -0.05) is 25.0 Å². The lowest BCUT2D eigenvalue weighted by atomic mass is 9.60. The molecule has 1 amide bonds. The first kappa shape index (κ1) is 18.8. The van der Waals surface area contributed by atoms with Gasteiger partial charge in [0.2, 0.25) is 5.91 Å². The van der Waals surface area contributed by atoms with Crippen LogP contribution in [0.3, 0.4) is 0 Å². The van der Waals surface area contributed by atoms with E-state index in [9.17, 15) is 9.59 Å². The zero-order chi connectivity index (χ0) is 18.7. The Labute approximate surface area is 153 Å². The van der Waals surface area contributed by atoms with Crippen LogP contribution in [0.25, 0.3) is 0 Å². The Balaban J connectivity index is 1.73. The second kappa shape index (κ2) is 7.73. The van der Waals surface area contributed by atoms with Crippen molar-refractivity contribution < 1.29 is 19.4 Å². The Bertz CT molecular complexity index is 653. The van der Waals surface area contributed by atoms with Gasteiger partial charge in [0.15, 0.2) is 5.69 Å². The number of nitrogens with zero attached hydrogens (tertiary/aromatic N) is 4. The van der Waals surface area contributed by atoms with Crippen molar-refractivity contribution in [3.05, 3.63) is 11.9 Å². The van der Waals surface area contributed by atoms with Gasteiger partial charge in [-0.3, -0.25) is 4.79 Å². The summed E-state index contributed by atoms with van der Waals surface area (Å²) in [6.45, 7) is 5.52. The molecule has 144 valence electrons. The predicted molar refractivity (Wildman–Crippen MR) is 93.7 cm³/mol. The minimum Gasteiger partial charge on any atom is -0.476 e. The molecule has 8 heteroatoms. The van der Waals surface area contributed by atoms with Gasteiger partial charge in [0.05, 0.1) is 12.3 Å². The van der Waals surface area contributed by atoms with E-state index >= 15 is 0 Å². The van der Waals surface area contributed by atoms with Crippen molar-refractivity contribution in [1.82, 2.24) is 19.9 Å². The first-order chi connectivity index (χ1) is 12.5. The molecule has 1 N–H and O–H groups in total. The van der Waals surface area contributed by atoms with Crippen LogP contribution in [-0.2, 0) is 16.1 Å². The highest BCUT2D eigenvalue weighted by Gasteiger charge is 2.59. The molecule has 1 aromatic rings. The molecule has 2 atom stereocenters. The number of carboxylic acids is 1. The fraction of sp³-hybridized carbons (Fsp3) is 0.778. The molecule has 3 rings (SSSR count). The molecule has 1 aromatic heterocycles. The number of hydrogen-bond acceptors (Lipinski definition) is 5. The molecule has 0 aromatic carbocycles. The minimum atomic E-state index is -1.14. The van der Waals surface area contributed by atoms with Gasteiger partial charge in [0, 0.05) is 24.6 Å². The molecule has 1 spiro atoms. The zero-order valence-electron chi connectivity index (χ0n) is 15.6. The molecule has 2 unspecified atom stereocenters. The van der Waals surface area contributed by atoms with Gasteiger partial charge in [-0.2, -0.15) is 0 Å². The van der Waals surface area contributed by atoms with Crippen molar-refractivity contribution in [2.24, 2.45) is 5.41 Å². The Morgan fingerprint density at radius 2 is 2.12 bits per heavy atom. The Morgan fingerprint density at radius 3 is 2.69 bits per heavy atom. The van der Waals surface area contributed by atoms with E-state index in [1.54, 1.807) is 0 Å². The normalized spacial score (nSPS) is 23.8. The summed E-state index contributed by atoms with van der Waals surface area (Å²) in [6.07, 6.45) is 7.94. The highest BCUT2D eigenvalue weighted by molar-refractivity contribution is 5.84. The largest absolute Gasteiger partial charge is 0.476 e. The molecule has 2 aliphatic carbocycles. The summed E-state index contributed by atoms with van der Waals surface area (Å²) in [5.74, 6) is -1.17. The van der Waals surface area contributed by atoms with E-state index in [4.69, 9.17) is 9.84 Å². The van der Waals surface area contributed by atoms with Crippen LogP contribution >= 0.6 is 0 Å². The lowest BCUT2D eigenvalue weighted by Crippen LogP contribution is -2.65. The monoisotopic (exact) mass is 364 g/mol. The van der Waals surface area contributed by atoms with E-state index in [-0.39, 0.29) is 35.7 Å². The molecular formula is C18H28N4O4. The van der Waals surface area contributed by atoms with Crippen molar-refractivity contribution in [2.75, 3.05) is 13.2 Å². The maximum Gasteiger partial charge on any atom is 0.358 e. The van der Waals surface area contributed by atoms with E-state index in [1.165, 1.54) is 23.7 Å². The van der Waals surface area contributed by atoms with E-state index < -0.39 is 5.97 Å². The quantitative estimate of drug-likeness (QED) is 0.757. The SMILES string of the molecule is CCCN(C(=O)Cn1cc(C(=O)O)nn1)C1CC(OCC)C12CCCC2. The lowest BCUT2D eigenvalue weighted by Gasteiger charge is -2.57. The molecule has 2 aliphatic rings. The summed E-state index contributed by atoms with van der Waals surface area (Å²) < 4.78 is 7.28. The van der Waals surface area contributed by atoms with Crippen LogP contribution in [0.5, 0.6) is 0 Å². The lowest BCUT2D eigenvalue weighted by molar-refractivity contribution is -0.176. The molecule has 0 aliphatic heterocycles. The van der Waals surface area contributed by atoms with Crippen molar-refractivity contribution in [1.29, 1.82) is 0 Å². The van der Waals surface area contributed by atoms with Crippen molar-refractivity contribution in [3.63, 3.8) is 0 Å². The Kier molecular flexibility index (Phi) is 5.60. The summed E-state index contributed by atoms with van der Waals surface area (Å²) in [6, 6.07) is 0.205. The third-order valence-corrected chi connectivity index (χ3v) is 5.86. The van der Waals surface area contributed by atoms with Crippen LogP contribution in [0.2, 0.25) is 0 Å². The molecule has 0 saturated heterocycles. The number of carboxylic acid groups (broad SMARTS) is 1. The van der Waals surface area contributed by atoms with Gasteiger partial charge < -0.3 is 14.7 Å². The molecule has 26 heavy (non-hydrogen) atoms. The van der Waals surface area contributed by atoms with Gasteiger partial charge in [-0.25, -0.2) is 9.48 Å². The fourth-order valence-corrected chi connectivity index (χ4v) is 4.69. The predicted octanol–water partition coefficient (Wildman–Crippen LogP) is 1.95. The standard InChI is InChI=1S/C18H28N4O4/c1-3-9-22(16(23)12-21-11-13(17(24)25)19-20-21)14-10-15(26-4-2)18(14)7-5-6-8-18/h11,14-15H,3-10,12H2,1-2H3,(H,24,25). The second-order valence-electron chi connectivity index (χ2n) is 7.33. The van der Waals surface area contributed by atoms with Gasteiger partial charge in [0.25, 0.3) is 0 Å². The van der Waals surface area contributed by atoms with Crippen molar-refractivity contribution in [3.8, 4) is 0 Å². The molecule has 8 nitrogen and oxygen atoms in total. The smallest absolute Gasteiger partial charge is 0.358 e. The number of ether oxygens (including phenoxy) is 1. The number of aromatic carboxylic acids is 1. The van der Waals surface area contributed by atoms with Crippen LogP contribution in [0.1, 0.15) is 62.9 Å². The maximum absolute atomic E-state index is 13.0. The number of aromatic nitrogens is 3. The van der Waals surface area contributed by atoms with Crippen molar-refractivity contribution >= 4 is 11.9 Å².